The standard InChI is InChI=1S/C22H20N4O3S/c1-25-21(18-12-15-7-5-9-17(28-2)20(15)29-18)23-24-22(25)30-13-19(27)26-11-10-14-6-3-4-8-16(14)26/h3-9,12H,10-11,13H2,1-2H3. The zero-order chi connectivity index (χ0) is 20.7. The highest BCUT2D eigenvalue weighted by Gasteiger charge is 2.25. The molecule has 0 spiro atoms. The number of anilines is 1. The van der Waals surface area contributed by atoms with Crippen LogP contribution in [0.15, 0.2) is 58.1 Å². The average molecular weight is 420 g/mol. The van der Waals surface area contributed by atoms with Gasteiger partial charge in [-0.15, -0.1) is 10.2 Å². The zero-order valence-corrected chi connectivity index (χ0v) is 17.5. The van der Waals surface area contributed by atoms with E-state index in [1.54, 1.807) is 7.11 Å². The molecule has 0 bridgehead atoms. The number of benzene rings is 2. The molecule has 1 aliphatic heterocycles. The van der Waals surface area contributed by atoms with Gasteiger partial charge in [0.15, 0.2) is 28.1 Å². The van der Waals surface area contributed by atoms with Gasteiger partial charge in [-0.25, -0.2) is 0 Å². The van der Waals surface area contributed by atoms with Gasteiger partial charge in [0, 0.05) is 24.7 Å². The molecule has 5 rings (SSSR count). The minimum atomic E-state index is 0.0722. The number of para-hydroxylation sites is 2. The molecule has 152 valence electrons. The van der Waals surface area contributed by atoms with E-state index in [9.17, 15) is 4.79 Å². The minimum absolute atomic E-state index is 0.0722. The lowest BCUT2D eigenvalue weighted by Gasteiger charge is -2.16. The summed E-state index contributed by atoms with van der Waals surface area (Å²) in [5.41, 5.74) is 2.91. The summed E-state index contributed by atoms with van der Waals surface area (Å²) in [6.07, 6.45) is 0.899. The molecule has 0 atom stereocenters. The van der Waals surface area contributed by atoms with Crippen molar-refractivity contribution in [1.82, 2.24) is 14.8 Å². The van der Waals surface area contributed by atoms with Crippen molar-refractivity contribution < 1.29 is 13.9 Å². The molecule has 2 aromatic carbocycles. The second-order valence-electron chi connectivity index (χ2n) is 7.07. The van der Waals surface area contributed by atoms with E-state index in [4.69, 9.17) is 9.15 Å². The number of ether oxygens (including phenoxy) is 1. The van der Waals surface area contributed by atoms with E-state index in [0.29, 0.717) is 33.8 Å². The average Bonchev–Trinajstić information content (AvgIpc) is 3.48. The summed E-state index contributed by atoms with van der Waals surface area (Å²) < 4.78 is 13.2. The molecule has 0 radical (unpaired) electrons. The molecule has 3 heterocycles. The van der Waals surface area contributed by atoms with Gasteiger partial charge in [0.25, 0.3) is 0 Å². The Balaban J connectivity index is 1.34. The highest BCUT2D eigenvalue weighted by atomic mass is 32.2. The maximum atomic E-state index is 12.8. The van der Waals surface area contributed by atoms with Crippen LogP contribution in [-0.4, -0.2) is 40.1 Å². The second kappa shape index (κ2) is 7.53. The van der Waals surface area contributed by atoms with E-state index in [0.717, 1.165) is 24.0 Å². The third kappa shape index (κ3) is 3.13. The number of hydrogen-bond acceptors (Lipinski definition) is 6. The van der Waals surface area contributed by atoms with Crippen LogP contribution < -0.4 is 9.64 Å². The van der Waals surface area contributed by atoms with Crippen molar-refractivity contribution in [3.05, 3.63) is 54.1 Å². The first-order valence-corrected chi connectivity index (χ1v) is 10.6. The molecular weight excluding hydrogens is 400 g/mol. The Morgan fingerprint density at radius 1 is 1.20 bits per heavy atom. The summed E-state index contributed by atoms with van der Waals surface area (Å²) in [5, 5.41) is 10.1. The number of amides is 1. The number of fused-ring (bicyclic) bond motifs is 2. The summed E-state index contributed by atoms with van der Waals surface area (Å²) in [5.74, 6) is 2.26. The maximum absolute atomic E-state index is 12.8. The lowest BCUT2D eigenvalue weighted by atomic mass is 10.2. The molecule has 1 amide bonds. The number of carbonyl (C=O) groups excluding carboxylic acids is 1. The van der Waals surface area contributed by atoms with Crippen molar-refractivity contribution >= 4 is 34.3 Å². The fraction of sp³-hybridized carbons (Fsp3) is 0.227. The van der Waals surface area contributed by atoms with Gasteiger partial charge in [0.1, 0.15) is 0 Å². The molecule has 0 fully saturated rings. The summed E-state index contributed by atoms with van der Waals surface area (Å²) in [7, 11) is 3.49. The molecule has 30 heavy (non-hydrogen) atoms. The van der Waals surface area contributed by atoms with E-state index in [-0.39, 0.29) is 5.91 Å². The number of nitrogens with zero attached hydrogens (tertiary/aromatic N) is 4. The fourth-order valence-electron chi connectivity index (χ4n) is 3.76. The highest BCUT2D eigenvalue weighted by Crippen LogP contribution is 2.34. The normalized spacial score (nSPS) is 13.1. The van der Waals surface area contributed by atoms with Crippen molar-refractivity contribution in [2.24, 2.45) is 7.05 Å². The molecule has 4 aromatic rings. The largest absolute Gasteiger partial charge is 0.493 e. The molecular formula is C22H20N4O3S. The van der Waals surface area contributed by atoms with E-state index in [1.807, 2.05) is 59.0 Å². The Hall–Kier alpha value is -3.26. The summed E-state index contributed by atoms with van der Waals surface area (Å²) in [6, 6.07) is 15.7. The van der Waals surface area contributed by atoms with Crippen molar-refractivity contribution in [1.29, 1.82) is 0 Å². The number of rotatable bonds is 5. The van der Waals surface area contributed by atoms with E-state index in [1.165, 1.54) is 17.3 Å². The fourth-order valence-corrected chi connectivity index (χ4v) is 4.55. The number of furan rings is 1. The third-order valence-corrected chi connectivity index (χ3v) is 6.30. The molecule has 0 N–H and O–H groups in total. The second-order valence-corrected chi connectivity index (χ2v) is 8.01. The molecule has 0 saturated carbocycles. The van der Waals surface area contributed by atoms with Gasteiger partial charge < -0.3 is 18.6 Å². The minimum Gasteiger partial charge on any atom is -0.493 e. The van der Waals surface area contributed by atoms with Gasteiger partial charge in [-0.05, 0) is 30.2 Å². The first kappa shape index (κ1) is 18.7. The Morgan fingerprint density at radius 2 is 2.07 bits per heavy atom. The van der Waals surface area contributed by atoms with E-state index < -0.39 is 0 Å². The van der Waals surface area contributed by atoms with Crippen LogP contribution in [0.3, 0.4) is 0 Å². The maximum Gasteiger partial charge on any atom is 0.237 e. The number of aromatic nitrogens is 3. The summed E-state index contributed by atoms with van der Waals surface area (Å²) >= 11 is 1.38. The molecule has 8 heteroatoms. The van der Waals surface area contributed by atoms with Crippen LogP contribution in [0.1, 0.15) is 5.56 Å². The molecule has 1 aliphatic rings. The van der Waals surface area contributed by atoms with Crippen LogP contribution in [0.5, 0.6) is 5.75 Å². The predicted octanol–water partition coefficient (Wildman–Crippen LogP) is 3.92. The SMILES string of the molecule is COc1cccc2cc(-c3nnc(SCC(=O)N4CCc5ccccc54)n3C)oc12. The Bertz CT molecular complexity index is 1250. The first-order chi connectivity index (χ1) is 14.7. The molecule has 2 aromatic heterocycles. The van der Waals surface area contributed by atoms with Gasteiger partial charge in [-0.2, -0.15) is 0 Å². The van der Waals surface area contributed by atoms with Gasteiger partial charge >= 0.3 is 0 Å². The Morgan fingerprint density at radius 3 is 2.93 bits per heavy atom. The van der Waals surface area contributed by atoms with Crippen LogP contribution in [-0.2, 0) is 18.3 Å². The number of carbonyl (C=O) groups is 1. The van der Waals surface area contributed by atoms with Gasteiger partial charge in [-0.3, -0.25) is 4.79 Å². The lowest BCUT2D eigenvalue weighted by Crippen LogP contribution is -2.30. The number of hydrogen-bond donors (Lipinski definition) is 0. The highest BCUT2D eigenvalue weighted by molar-refractivity contribution is 7.99. The van der Waals surface area contributed by atoms with Crippen molar-refractivity contribution in [2.45, 2.75) is 11.6 Å². The van der Waals surface area contributed by atoms with E-state index in [2.05, 4.69) is 16.3 Å². The van der Waals surface area contributed by atoms with E-state index >= 15 is 0 Å². The molecule has 7 nitrogen and oxygen atoms in total. The van der Waals surface area contributed by atoms with Crippen LogP contribution >= 0.6 is 11.8 Å². The quantitative estimate of drug-likeness (QED) is 0.456. The van der Waals surface area contributed by atoms with Crippen LogP contribution in [0.4, 0.5) is 5.69 Å². The summed E-state index contributed by atoms with van der Waals surface area (Å²) in [4.78, 5) is 14.6. The molecule has 0 saturated heterocycles. The molecule has 0 aliphatic carbocycles. The summed E-state index contributed by atoms with van der Waals surface area (Å²) in [6.45, 7) is 0.726. The predicted molar refractivity (Wildman–Crippen MR) is 116 cm³/mol. The topological polar surface area (TPSA) is 73.4 Å². The van der Waals surface area contributed by atoms with Crippen molar-refractivity contribution in [3.8, 4) is 17.3 Å². The Labute approximate surface area is 177 Å². The monoisotopic (exact) mass is 420 g/mol. The molecule has 0 unspecified atom stereocenters. The van der Waals surface area contributed by atoms with Crippen LogP contribution in [0.25, 0.3) is 22.6 Å². The Kier molecular flexibility index (Phi) is 4.71. The van der Waals surface area contributed by atoms with Gasteiger partial charge in [0.05, 0.1) is 12.9 Å². The van der Waals surface area contributed by atoms with Crippen molar-refractivity contribution in [3.63, 3.8) is 0 Å². The van der Waals surface area contributed by atoms with Gasteiger partial charge in [-0.1, -0.05) is 42.1 Å². The number of methoxy groups -OCH3 is 1. The van der Waals surface area contributed by atoms with Gasteiger partial charge in [0.2, 0.25) is 5.91 Å². The van der Waals surface area contributed by atoms with Crippen molar-refractivity contribution in [2.75, 3.05) is 24.3 Å². The lowest BCUT2D eigenvalue weighted by molar-refractivity contribution is -0.116. The van der Waals surface area contributed by atoms with Crippen LogP contribution in [0.2, 0.25) is 0 Å². The number of thioether (sulfide) groups is 1. The van der Waals surface area contributed by atoms with Crippen LogP contribution in [0, 0.1) is 0 Å². The zero-order valence-electron chi connectivity index (χ0n) is 16.7. The smallest absolute Gasteiger partial charge is 0.237 e. The third-order valence-electron chi connectivity index (χ3n) is 5.30. The first-order valence-electron chi connectivity index (χ1n) is 9.63.